The molecule has 0 aliphatic carbocycles. The normalized spacial score (nSPS) is 8.31. The fourth-order valence-electron chi connectivity index (χ4n) is 0.671. The Morgan fingerprint density at radius 1 is 1.38 bits per heavy atom. The van der Waals surface area contributed by atoms with E-state index in [1.807, 2.05) is 6.07 Å². The monoisotopic (exact) mass is 173 g/mol. The molecular weight excluding hydrogens is 166 g/mol. The van der Waals surface area contributed by atoms with Gasteiger partial charge in [-0.15, -0.1) is 0 Å². The number of rotatable bonds is 1. The smallest absolute Gasteiger partial charge is 0.232 e. The third kappa shape index (κ3) is 2.90. The summed E-state index contributed by atoms with van der Waals surface area (Å²) in [6, 6.07) is 1.81. The minimum Gasteiger partial charge on any atom is -0.395 e. The standard InChI is InChI=1S/C9H7N3O/c10-5-9-11-6-8(7-12-9)3-1-2-4-13/h6-7,13H,2,4H2. The van der Waals surface area contributed by atoms with E-state index in [0.29, 0.717) is 12.0 Å². The van der Waals surface area contributed by atoms with Crippen molar-refractivity contribution in [2.24, 2.45) is 0 Å². The van der Waals surface area contributed by atoms with Gasteiger partial charge in [-0.3, -0.25) is 0 Å². The topological polar surface area (TPSA) is 69.8 Å². The van der Waals surface area contributed by atoms with Gasteiger partial charge in [-0.25, -0.2) is 9.97 Å². The molecule has 0 aliphatic heterocycles. The van der Waals surface area contributed by atoms with Crippen LogP contribution in [-0.2, 0) is 0 Å². The Bertz CT molecular complexity index is 367. The Morgan fingerprint density at radius 2 is 2.08 bits per heavy atom. The number of nitrogens with zero attached hydrogens (tertiary/aromatic N) is 3. The van der Waals surface area contributed by atoms with E-state index >= 15 is 0 Å². The molecule has 1 N–H and O–H groups in total. The van der Waals surface area contributed by atoms with Gasteiger partial charge in [0.05, 0.1) is 12.2 Å². The highest BCUT2D eigenvalue weighted by Crippen LogP contribution is 1.92. The third-order valence-corrected chi connectivity index (χ3v) is 1.22. The molecule has 13 heavy (non-hydrogen) atoms. The van der Waals surface area contributed by atoms with Gasteiger partial charge in [-0.2, -0.15) is 5.26 Å². The van der Waals surface area contributed by atoms with Crippen LogP contribution in [0.4, 0.5) is 0 Å². The Labute approximate surface area is 75.9 Å². The van der Waals surface area contributed by atoms with Crippen molar-refractivity contribution in [1.82, 2.24) is 9.97 Å². The molecule has 0 spiro atoms. The molecule has 1 heterocycles. The molecule has 4 nitrogen and oxygen atoms in total. The zero-order chi connectivity index (χ0) is 9.52. The summed E-state index contributed by atoms with van der Waals surface area (Å²) in [5.41, 5.74) is 0.646. The molecule has 0 unspecified atom stereocenters. The Kier molecular flexibility index (Phi) is 3.44. The highest BCUT2D eigenvalue weighted by Gasteiger charge is 1.91. The van der Waals surface area contributed by atoms with Gasteiger partial charge in [0.2, 0.25) is 5.82 Å². The summed E-state index contributed by atoms with van der Waals surface area (Å²) in [5, 5.41) is 16.8. The van der Waals surface area contributed by atoms with Crippen molar-refractivity contribution in [2.75, 3.05) is 6.61 Å². The van der Waals surface area contributed by atoms with Crippen molar-refractivity contribution in [3.8, 4) is 17.9 Å². The molecule has 0 amide bonds. The lowest BCUT2D eigenvalue weighted by Crippen LogP contribution is -1.88. The second-order valence-electron chi connectivity index (χ2n) is 2.18. The van der Waals surface area contributed by atoms with Crippen molar-refractivity contribution in [2.45, 2.75) is 6.42 Å². The van der Waals surface area contributed by atoms with Crippen LogP contribution in [0, 0.1) is 23.2 Å². The maximum atomic E-state index is 8.45. The zero-order valence-electron chi connectivity index (χ0n) is 6.86. The van der Waals surface area contributed by atoms with E-state index in [4.69, 9.17) is 10.4 Å². The van der Waals surface area contributed by atoms with E-state index in [1.165, 1.54) is 12.4 Å². The summed E-state index contributed by atoms with van der Waals surface area (Å²) < 4.78 is 0. The molecule has 1 rings (SSSR count). The molecular formula is C9H7N3O. The fraction of sp³-hybridized carbons (Fsp3) is 0.222. The first-order chi connectivity index (χ1) is 6.36. The zero-order valence-corrected chi connectivity index (χ0v) is 6.86. The largest absolute Gasteiger partial charge is 0.395 e. The molecule has 64 valence electrons. The molecule has 1 aromatic heterocycles. The van der Waals surface area contributed by atoms with Crippen LogP contribution in [0.25, 0.3) is 0 Å². The van der Waals surface area contributed by atoms with Crippen LogP contribution in [0.3, 0.4) is 0 Å². The maximum Gasteiger partial charge on any atom is 0.232 e. The van der Waals surface area contributed by atoms with Crippen LogP contribution in [0.2, 0.25) is 0 Å². The molecule has 0 saturated carbocycles. The van der Waals surface area contributed by atoms with E-state index in [-0.39, 0.29) is 12.4 Å². The number of hydrogen-bond acceptors (Lipinski definition) is 4. The Hall–Kier alpha value is -1.91. The minimum absolute atomic E-state index is 0.0458. The minimum atomic E-state index is 0.0458. The lowest BCUT2D eigenvalue weighted by atomic mass is 10.3. The number of nitriles is 1. The average molecular weight is 173 g/mol. The first kappa shape index (κ1) is 9.18. The van der Waals surface area contributed by atoms with E-state index in [0.717, 1.165) is 0 Å². The second kappa shape index (κ2) is 4.87. The maximum absolute atomic E-state index is 8.45. The number of aliphatic hydroxyl groups is 1. The lowest BCUT2D eigenvalue weighted by molar-refractivity contribution is 0.305. The van der Waals surface area contributed by atoms with Crippen molar-refractivity contribution in [3.05, 3.63) is 23.8 Å². The first-order valence-electron chi connectivity index (χ1n) is 3.68. The van der Waals surface area contributed by atoms with Gasteiger partial charge in [0.1, 0.15) is 6.07 Å². The average Bonchev–Trinajstić information content (AvgIpc) is 2.19. The molecule has 0 bridgehead atoms. The highest BCUT2D eigenvalue weighted by atomic mass is 16.2. The third-order valence-electron chi connectivity index (χ3n) is 1.22. The van der Waals surface area contributed by atoms with Crippen molar-refractivity contribution < 1.29 is 5.11 Å². The predicted molar refractivity (Wildman–Crippen MR) is 45.3 cm³/mol. The fourth-order valence-corrected chi connectivity index (χ4v) is 0.671. The summed E-state index contributed by atoms with van der Waals surface area (Å²) in [6.07, 6.45) is 3.39. The molecule has 1 aromatic rings. The summed E-state index contributed by atoms with van der Waals surface area (Å²) in [6.45, 7) is 0.0458. The quantitative estimate of drug-likeness (QED) is 0.610. The Balaban J connectivity index is 2.72. The predicted octanol–water partition coefficient (Wildman–Crippen LogP) is 0.0822. The van der Waals surface area contributed by atoms with E-state index in [2.05, 4.69) is 21.8 Å². The van der Waals surface area contributed by atoms with Crippen LogP contribution in [0.1, 0.15) is 17.8 Å². The summed E-state index contributed by atoms with van der Waals surface area (Å²) in [5.74, 6) is 5.61. The SMILES string of the molecule is N#Cc1ncc(C#CCCO)cn1. The number of aromatic nitrogens is 2. The van der Waals surface area contributed by atoms with E-state index < -0.39 is 0 Å². The van der Waals surface area contributed by atoms with Gasteiger partial charge in [0.25, 0.3) is 0 Å². The lowest BCUT2D eigenvalue weighted by Gasteiger charge is -1.87. The van der Waals surface area contributed by atoms with E-state index in [1.54, 1.807) is 0 Å². The number of hydrogen-bond donors (Lipinski definition) is 1. The van der Waals surface area contributed by atoms with Crippen LogP contribution in [-0.4, -0.2) is 21.7 Å². The molecule has 0 radical (unpaired) electrons. The van der Waals surface area contributed by atoms with Crippen LogP contribution in [0.15, 0.2) is 12.4 Å². The van der Waals surface area contributed by atoms with Gasteiger partial charge in [-0.1, -0.05) is 11.8 Å². The van der Waals surface area contributed by atoms with Crippen molar-refractivity contribution in [3.63, 3.8) is 0 Å². The van der Waals surface area contributed by atoms with Gasteiger partial charge in [-0.05, 0) is 0 Å². The summed E-state index contributed by atoms with van der Waals surface area (Å²) >= 11 is 0. The number of aliphatic hydroxyl groups excluding tert-OH is 1. The molecule has 0 fully saturated rings. The second-order valence-corrected chi connectivity index (χ2v) is 2.18. The van der Waals surface area contributed by atoms with Crippen molar-refractivity contribution >= 4 is 0 Å². The van der Waals surface area contributed by atoms with Crippen molar-refractivity contribution in [1.29, 1.82) is 5.26 Å². The van der Waals surface area contributed by atoms with Crippen LogP contribution < -0.4 is 0 Å². The first-order valence-corrected chi connectivity index (χ1v) is 3.68. The van der Waals surface area contributed by atoms with Gasteiger partial charge in [0.15, 0.2) is 0 Å². The molecule has 0 atom stereocenters. The van der Waals surface area contributed by atoms with E-state index in [9.17, 15) is 0 Å². The van der Waals surface area contributed by atoms with Gasteiger partial charge >= 0.3 is 0 Å². The van der Waals surface area contributed by atoms with Gasteiger partial charge in [0, 0.05) is 18.8 Å². The van der Waals surface area contributed by atoms with Crippen LogP contribution >= 0.6 is 0 Å². The van der Waals surface area contributed by atoms with Crippen LogP contribution in [0.5, 0.6) is 0 Å². The Morgan fingerprint density at radius 3 is 2.62 bits per heavy atom. The molecule has 0 saturated heterocycles. The molecule has 4 heteroatoms. The molecule has 0 aliphatic rings. The van der Waals surface area contributed by atoms with Gasteiger partial charge < -0.3 is 5.11 Å². The summed E-state index contributed by atoms with van der Waals surface area (Å²) in [4.78, 5) is 7.48. The highest BCUT2D eigenvalue weighted by molar-refractivity contribution is 5.30. The molecule has 0 aromatic carbocycles. The summed E-state index contributed by atoms with van der Waals surface area (Å²) in [7, 11) is 0.